The molecule has 0 amide bonds. The molecule has 8 nitrogen and oxygen atoms in total. The number of nitrogen functional groups attached to an aromatic ring is 1. The van der Waals surface area contributed by atoms with Crippen LogP contribution in [-0.4, -0.2) is 14.3 Å². The first-order chi connectivity index (χ1) is 16.5. The number of nitrogens with zero attached hydrogens (tertiary/aromatic N) is 7. The molecule has 0 unspecified atom stereocenters. The molecule has 0 aliphatic carbocycles. The molecule has 0 fully saturated rings. The summed E-state index contributed by atoms with van der Waals surface area (Å²) in [5, 5.41) is 24.0. The van der Waals surface area contributed by atoms with Crippen molar-refractivity contribution in [3.63, 3.8) is 0 Å². The van der Waals surface area contributed by atoms with Crippen molar-refractivity contribution in [1.29, 1.82) is 5.26 Å². The van der Waals surface area contributed by atoms with Crippen LogP contribution in [-0.2, 0) is 17.4 Å². The van der Waals surface area contributed by atoms with Crippen molar-refractivity contribution < 1.29 is 0 Å². The number of nitriles is 1. The van der Waals surface area contributed by atoms with Gasteiger partial charge in [0.1, 0.15) is 11.6 Å². The maximum absolute atomic E-state index is 10.1. The van der Waals surface area contributed by atoms with Crippen LogP contribution < -0.4 is 5.73 Å². The van der Waals surface area contributed by atoms with Crippen molar-refractivity contribution in [3.8, 4) is 11.8 Å². The average Bonchev–Trinajstić information content (AvgIpc) is 3.30. The SMILES string of the molecule is [C-]#[N+]c1c(C(C)(C)C)c(C#N)c(/N=N/c2c(C(C)(C)C)nn(-c3ccccc3)c2N)n1CCCC. The molecule has 3 aromatic rings. The molecule has 1 aromatic carbocycles. The monoisotopic (exact) mass is 470 g/mol. The fourth-order valence-electron chi connectivity index (χ4n) is 4.05. The number of anilines is 1. The maximum Gasteiger partial charge on any atom is 0.242 e. The van der Waals surface area contributed by atoms with E-state index < -0.39 is 5.41 Å². The highest BCUT2D eigenvalue weighted by atomic mass is 15.3. The first kappa shape index (κ1) is 25.7. The van der Waals surface area contributed by atoms with Crippen LogP contribution >= 0.6 is 0 Å². The van der Waals surface area contributed by atoms with Crippen LogP contribution in [0.3, 0.4) is 0 Å². The van der Waals surface area contributed by atoms with Crippen LogP contribution in [0.4, 0.5) is 23.1 Å². The van der Waals surface area contributed by atoms with E-state index in [1.54, 1.807) is 4.68 Å². The summed E-state index contributed by atoms with van der Waals surface area (Å²) in [7, 11) is 0. The van der Waals surface area contributed by atoms with Gasteiger partial charge in [-0.25, -0.2) is 4.68 Å². The van der Waals surface area contributed by atoms with Gasteiger partial charge in [0.2, 0.25) is 11.6 Å². The normalized spacial score (nSPS) is 12.1. The predicted molar refractivity (Wildman–Crippen MR) is 140 cm³/mol. The van der Waals surface area contributed by atoms with Gasteiger partial charge in [-0.3, -0.25) is 4.57 Å². The molecule has 0 radical (unpaired) electrons. The number of nitrogens with two attached hydrogens (primary N) is 1. The number of unbranched alkanes of at least 4 members (excludes halogenated alkanes) is 1. The second kappa shape index (κ2) is 9.76. The molecule has 182 valence electrons. The summed E-state index contributed by atoms with van der Waals surface area (Å²) in [6, 6.07) is 11.9. The van der Waals surface area contributed by atoms with Gasteiger partial charge in [-0.1, -0.05) is 79.7 Å². The lowest BCUT2D eigenvalue weighted by atomic mass is 9.85. The molecule has 0 spiro atoms. The van der Waals surface area contributed by atoms with Crippen LogP contribution in [0, 0.1) is 17.9 Å². The number of rotatable bonds is 6. The van der Waals surface area contributed by atoms with Gasteiger partial charge < -0.3 is 10.6 Å². The summed E-state index contributed by atoms with van der Waals surface area (Å²) >= 11 is 0. The zero-order chi connectivity index (χ0) is 26.0. The lowest BCUT2D eigenvalue weighted by Crippen LogP contribution is -2.13. The molecule has 0 aliphatic rings. The Morgan fingerprint density at radius 3 is 2.26 bits per heavy atom. The molecule has 0 bridgehead atoms. The van der Waals surface area contributed by atoms with Crippen LogP contribution in [0.2, 0.25) is 0 Å². The van der Waals surface area contributed by atoms with Gasteiger partial charge in [0.05, 0.1) is 17.9 Å². The van der Waals surface area contributed by atoms with E-state index in [2.05, 4.69) is 28.1 Å². The largest absolute Gasteiger partial charge is 0.382 e. The Kier molecular flexibility index (Phi) is 7.17. The van der Waals surface area contributed by atoms with E-state index >= 15 is 0 Å². The standard InChI is InChI=1S/C27H34N8/c1-9-10-16-34-24(19(17-28)20(25(34)30-8)26(2,3)4)32-31-21-22(27(5,6)7)33-35(23(21)29)18-14-12-11-13-15-18/h11-15H,9-10,16,29H2,1-7H3/b32-31+. The summed E-state index contributed by atoms with van der Waals surface area (Å²) in [4.78, 5) is 3.81. The first-order valence-electron chi connectivity index (χ1n) is 11.9. The number of azo groups is 1. The zero-order valence-corrected chi connectivity index (χ0v) is 21.7. The molecule has 8 heteroatoms. The van der Waals surface area contributed by atoms with Gasteiger partial charge >= 0.3 is 0 Å². The molecule has 0 saturated heterocycles. The molecule has 2 heterocycles. The summed E-state index contributed by atoms with van der Waals surface area (Å²) in [6.07, 6.45) is 1.80. The van der Waals surface area contributed by atoms with Crippen molar-refractivity contribution in [2.75, 3.05) is 5.73 Å². The highest BCUT2D eigenvalue weighted by Gasteiger charge is 2.32. The van der Waals surface area contributed by atoms with Gasteiger partial charge in [-0.15, -0.1) is 10.2 Å². The van der Waals surface area contributed by atoms with Gasteiger partial charge in [0, 0.05) is 11.0 Å². The average molecular weight is 471 g/mol. The Morgan fingerprint density at radius 1 is 1.09 bits per heavy atom. The maximum atomic E-state index is 10.1. The summed E-state index contributed by atoms with van der Waals surface area (Å²) in [5.74, 6) is 1.21. The third kappa shape index (κ3) is 4.97. The topological polar surface area (TPSA) is 102 Å². The van der Waals surface area contributed by atoms with E-state index in [1.165, 1.54) is 0 Å². The van der Waals surface area contributed by atoms with Crippen LogP contribution in [0.1, 0.15) is 78.1 Å². The van der Waals surface area contributed by atoms with E-state index in [-0.39, 0.29) is 5.41 Å². The van der Waals surface area contributed by atoms with E-state index in [4.69, 9.17) is 17.4 Å². The second-order valence-corrected chi connectivity index (χ2v) is 10.7. The number of benzene rings is 1. The summed E-state index contributed by atoms with van der Waals surface area (Å²) in [6.45, 7) is 22.7. The minimum Gasteiger partial charge on any atom is -0.382 e. The van der Waals surface area contributed by atoms with Crippen LogP contribution in [0.5, 0.6) is 0 Å². The fraction of sp³-hybridized carbons (Fsp3) is 0.444. The predicted octanol–water partition coefficient (Wildman–Crippen LogP) is 7.49. The Hall–Kier alpha value is -3.91. The minimum absolute atomic E-state index is 0.344. The molecule has 0 saturated carbocycles. The Labute approximate surface area is 207 Å². The lowest BCUT2D eigenvalue weighted by molar-refractivity contribution is 0.561. The quantitative estimate of drug-likeness (QED) is 0.298. The van der Waals surface area contributed by atoms with Gasteiger partial charge in [0.25, 0.3) is 0 Å². The molecule has 2 aromatic heterocycles. The van der Waals surface area contributed by atoms with E-state index in [1.807, 2.05) is 76.4 Å². The molecule has 35 heavy (non-hydrogen) atoms. The molecule has 2 N–H and O–H groups in total. The Balaban J connectivity index is 2.27. The third-order valence-corrected chi connectivity index (χ3v) is 5.76. The smallest absolute Gasteiger partial charge is 0.242 e. The van der Waals surface area contributed by atoms with Gasteiger partial charge in [-0.2, -0.15) is 10.4 Å². The highest BCUT2D eigenvalue weighted by Crippen LogP contribution is 2.44. The highest BCUT2D eigenvalue weighted by molar-refractivity contribution is 5.70. The summed E-state index contributed by atoms with van der Waals surface area (Å²) < 4.78 is 3.50. The van der Waals surface area contributed by atoms with Gasteiger partial charge in [-0.05, 0) is 24.0 Å². The minimum atomic E-state index is -0.402. The van der Waals surface area contributed by atoms with E-state index in [0.29, 0.717) is 46.5 Å². The van der Waals surface area contributed by atoms with Crippen molar-refractivity contribution >= 4 is 23.1 Å². The Bertz CT molecular complexity index is 1310. The van der Waals surface area contributed by atoms with Crippen LogP contribution in [0.15, 0.2) is 40.6 Å². The molecule has 3 rings (SSSR count). The number of aromatic nitrogens is 3. The van der Waals surface area contributed by atoms with Gasteiger partial charge in [0.15, 0.2) is 11.5 Å². The number of hydrogen-bond donors (Lipinski definition) is 1. The Morgan fingerprint density at radius 2 is 1.74 bits per heavy atom. The first-order valence-corrected chi connectivity index (χ1v) is 11.9. The third-order valence-electron chi connectivity index (χ3n) is 5.76. The zero-order valence-electron chi connectivity index (χ0n) is 21.7. The second-order valence-electron chi connectivity index (χ2n) is 10.7. The van der Waals surface area contributed by atoms with Crippen molar-refractivity contribution in [1.82, 2.24) is 14.3 Å². The molecule has 0 aliphatic heterocycles. The molecular weight excluding hydrogens is 436 g/mol. The van der Waals surface area contributed by atoms with Crippen molar-refractivity contribution in [2.45, 2.75) is 78.7 Å². The fourth-order valence-corrected chi connectivity index (χ4v) is 4.05. The van der Waals surface area contributed by atoms with E-state index in [9.17, 15) is 5.26 Å². The molecular formula is C27H34N8. The van der Waals surface area contributed by atoms with Crippen LogP contribution in [0.25, 0.3) is 10.5 Å². The van der Waals surface area contributed by atoms with Crippen molar-refractivity contribution in [2.24, 2.45) is 10.2 Å². The number of para-hydroxylation sites is 1. The lowest BCUT2D eigenvalue weighted by Gasteiger charge is -2.19. The van der Waals surface area contributed by atoms with E-state index in [0.717, 1.165) is 18.5 Å². The van der Waals surface area contributed by atoms with Crippen molar-refractivity contribution in [3.05, 3.63) is 58.6 Å². The number of hydrogen-bond acceptors (Lipinski definition) is 5. The molecule has 0 atom stereocenters. The summed E-state index contributed by atoms with van der Waals surface area (Å²) in [5.41, 5.74) is 8.87.